The highest BCUT2D eigenvalue weighted by Gasteiger charge is 2.27. The van der Waals surface area contributed by atoms with Crippen LogP contribution in [0.1, 0.15) is 29.1 Å². The van der Waals surface area contributed by atoms with Gasteiger partial charge in [0, 0.05) is 23.7 Å². The predicted octanol–water partition coefficient (Wildman–Crippen LogP) is 3.53. The zero-order chi connectivity index (χ0) is 21.1. The summed E-state index contributed by atoms with van der Waals surface area (Å²) in [7, 11) is -3.52. The molecule has 2 heterocycles. The van der Waals surface area contributed by atoms with E-state index in [-0.39, 0.29) is 28.8 Å². The van der Waals surface area contributed by atoms with Gasteiger partial charge in [-0.15, -0.1) is 10.2 Å². The first-order valence-electron chi connectivity index (χ1n) is 9.29. The zero-order valence-electron chi connectivity index (χ0n) is 15.8. The number of carbonyl (C=O) groups excluding carboxylic acids is 1. The van der Waals surface area contributed by atoms with Crippen LogP contribution in [0.2, 0.25) is 5.02 Å². The molecule has 30 heavy (non-hydrogen) atoms. The van der Waals surface area contributed by atoms with Gasteiger partial charge >= 0.3 is 5.97 Å². The van der Waals surface area contributed by atoms with Gasteiger partial charge < -0.3 is 9.15 Å². The van der Waals surface area contributed by atoms with Crippen LogP contribution in [-0.2, 0) is 21.4 Å². The van der Waals surface area contributed by atoms with E-state index in [0.717, 1.165) is 12.8 Å². The summed E-state index contributed by atoms with van der Waals surface area (Å²) in [4.78, 5) is 12.4. The van der Waals surface area contributed by atoms with Crippen molar-refractivity contribution >= 4 is 27.6 Å². The standard InChI is InChI=1S/C20H18ClN3O5S/c21-16-7-3-14(4-8-16)19-23-22-18(29-19)13-28-20(25)15-5-9-17(10-6-15)30(26,27)24-11-1-2-12-24/h3-10H,1-2,11-13H2. The lowest BCUT2D eigenvalue weighted by molar-refractivity contribution is 0.0438. The minimum atomic E-state index is -3.52. The summed E-state index contributed by atoms with van der Waals surface area (Å²) in [5.41, 5.74) is 0.923. The molecule has 0 spiro atoms. The van der Waals surface area contributed by atoms with E-state index < -0.39 is 16.0 Å². The van der Waals surface area contributed by atoms with Crippen molar-refractivity contribution in [2.24, 2.45) is 0 Å². The first kappa shape index (κ1) is 20.5. The maximum Gasteiger partial charge on any atom is 0.338 e. The molecule has 8 nitrogen and oxygen atoms in total. The number of esters is 1. The Labute approximate surface area is 178 Å². The second-order valence-electron chi connectivity index (χ2n) is 6.72. The number of rotatable bonds is 6. The van der Waals surface area contributed by atoms with E-state index in [1.807, 2.05) is 0 Å². The van der Waals surface area contributed by atoms with Crippen LogP contribution < -0.4 is 0 Å². The molecule has 0 N–H and O–H groups in total. The Morgan fingerprint density at radius 2 is 1.70 bits per heavy atom. The third-order valence-electron chi connectivity index (χ3n) is 4.68. The van der Waals surface area contributed by atoms with E-state index in [2.05, 4.69) is 10.2 Å². The summed E-state index contributed by atoms with van der Waals surface area (Å²) in [5, 5.41) is 8.37. The molecule has 0 saturated carbocycles. The van der Waals surface area contributed by atoms with Crippen molar-refractivity contribution in [3.8, 4) is 11.5 Å². The molecule has 1 aliphatic rings. The molecule has 0 bridgehead atoms. The van der Waals surface area contributed by atoms with E-state index in [1.165, 1.54) is 28.6 Å². The van der Waals surface area contributed by atoms with Gasteiger partial charge in [-0.3, -0.25) is 0 Å². The van der Waals surface area contributed by atoms with Crippen molar-refractivity contribution in [2.75, 3.05) is 13.1 Å². The van der Waals surface area contributed by atoms with Gasteiger partial charge in [-0.2, -0.15) is 4.31 Å². The highest BCUT2D eigenvalue weighted by atomic mass is 35.5. The van der Waals surface area contributed by atoms with Gasteiger partial charge in [-0.1, -0.05) is 11.6 Å². The third-order valence-corrected chi connectivity index (χ3v) is 6.84. The molecule has 2 aromatic carbocycles. The Balaban J connectivity index is 1.38. The topological polar surface area (TPSA) is 103 Å². The van der Waals surface area contributed by atoms with Gasteiger partial charge in [-0.05, 0) is 61.4 Å². The van der Waals surface area contributed by atoms with Gasteiger partial charge in [0.25, 0.3) is 5.89 Å². The molecule has 10 heteroatoms. The van der Waals surface area contributed by atoms with E-state index in [4.69, 9.17) is 20.8 Å². The lowest BCUT2D eigenvalue weighted by Crippen LogP contribution is -2.27. The molecule has 0 unspecified atom stereocenters. The lowest BCUT2D eigenvalue weighted by atomic mass is 10.2. The van der Waals surface area contributed by atoms with Crippen LogP contribution in [0.25, 0.3) is 11.5 Å². The number of carbonyl (C=O) groups is 1. The summed E-state index contributed by atoms with van der Waals surface area (Å²) < 4.78 is 37.2. The summed E-state index contributed by atoms with van der Waals surface area (Å²) in [6, 6.07) is 12.6. The SMILES string of the molecule is O=C(OCc1nnc(-c2ccc(Cl)cc2)o1)c1ccc(S(=O)(=O)N2CCCC2)cc1. The van der Waals surface area contributed by atoms with E-state index >= 15 is 0 Å². The molecule has 0 radical (unpaired) electrons. The highest BCUT2D eigenvalue weighted by Crippen LogP contribution is 2.22. The Bertz CT molecular complexity index is 1140. The highest BCUT2D eigenvalue weighted by molar-refractivity contribution is 7.89. The summed E-state index contributed by atoms with van der Waals surface area (Å²) >= 11 is 5.85. The number of nitrogens with zero attached hydrogens (tertiary/aromatic N) is 3. The molecule has 1 saturated heterocycles. The van der Waals surface area contributed by atoms with E-state index in [1.54, 1.807) is 24.3 Å². The zero-order valence-corrected chi connectivity index (χ0v) is 17.4. The number of ether oxygens (including phenoxy) is 1. The van der Waals surface area contributed by atoms with Gasteiger partial charge in [-0.25, -0.2) is 13.2 Å². The average molecular weight is 448 g/mol. The van der Waals surface area contributed by atoms with Crippen LogP contribution >= 0.6 is 11.6 Å². The monoisotopic (exact) mass is 447 g/mol. The maximum atomic E-state index is 12.5. The third kappa shape index (κ3) is 4.38. The largest absolute Gasteiger partial charge is 0.452 e. The number of hydrogen-bond acceptors (Lipinski definition) is 7. The molecule has 3 aromatic rings. The fourth-order valence-corrected chi connectivity index (χ4v) is 4.72. The van der Waals surface area contributed by atoms with Gasteiger partial charge in [0.1, 0.15) is 0 Å². The maximum absolute atomic E-state index is 12.5. The molecule has 0 amide bonds. The van der Waals surface area contributed by atoms with Gasteiger partial charge in [0.2, 0.25) is 15.9 Å². The average Bonchev–Trinajstić information content (AvgIpc) is 3.45. The molecular weight excluding hydrogens is 430 g/mol. The van der Waals surface area contributed by atoms with Gasteiger partial charge in [0.15, 0.2) is 6.61 Å². The summed E-state index contributed by atoms with van der Waals surface area (Å²) in [6.07, 6.45) is 1.72. The Morgan fingerprint density at radius 1 is 1.03 bits per heavy atom. The van der Waals surface area contributed by atoms with E-state index in [9.17, 15) is 13.2 Å². The first-order chi connectivity index (χ1) is 14.4. The number of benzene rings is 2. The van der Waals surface area contributed by atoms with Crippen LogP contribution in [0.15, 0.2) is 57.8 Å². The smallest absolute Gasteiger partial charge is 0.338 e. The normalized spacial score (nSPS) is 14.7. The first-order valence-corrected chi connectivity index (χ1v) is 11.1. The summed E-state index contributed by atoms with van der Waals surface area (Å²) in [5.74, 6) is -0.193. The number of hydrogen-bond donors (Lipinski definition) is 0. The van der Waals surface area contributed by atoms with Crippen molar-refractivity contribution in [1.29, 1.82) is 0 Å². The van der Waals surface area contributed by atoms with Crippen molar-refractivity contribution in [3.05, 3.63) is 65.0 Å². The van der Waals surface area contributed by atoms with Crippen LogP contribution in [0.4, 0.5) is 0 Å². The molecular formula is C20H18ClN3O5S. The van der Waals surface area contributed by atoms with Crippen molar-refractivity contribution in [1.82, 2.24) is 14.5 Å². The number of halogens is 1. The fraction of sp³-hybridized carbons (Fsp3) is 0.250. The molecule has 1 fully saturated rings. The molecule has 4 rings (SSSR count). The molecule has 156 valence electrons. The van der Waals surface area contributed by atoms with Crippen LogP contribution in [0.5, 0.6) is 0 Å². The fourth-order valence-electron chi connectivity index (χ4n) is 3.07. The number of sulfonamides is 1. The molecule has 0 aliphatic carbocycles. The second kappa shape index (κ2) is 8.55. The lowest BCUT2D eigenvalue weighted by Gasteiger charge is -2.15. The van der Waals surface area contributed by atoms with Crippen LogP contribution in [0, 0.1) is 0 Å². The van der Waals surface area contributed by atoms with Crippen molar-refractivity contribution < 1.29 is 22.4 Å². The second-order valence-corrected chi connectivity index (χ2v) is 9.09. The van der Waals surface area contributed by atoms with Crippen molar-refractivity contribution in [3.63, 3.8) is 0 Å². The van der Waals surface area contributed by atoms with E-state index in [0.29, 0.717) is 23.7 Å². The molecule has 1 aromatic heterocycles. The minimum absolute atomic E-state index is 0.140. The Morgan fingerprint density at radius 3 is 2.37 bits per heavy atom. The van der Waals surface area contributed by atoms with Gasteiger partial charge in [0.05, 0.1) is 10.5 Å². The Hall–Kier alpha value is -2.75. The van der Waals surface area contributed by atoms with Crippen LogP contribution in [-0.4, -0.2) is 42.0 Å². The van der Waals surface area contributed by atoms with Crippen molar-refractivity contribution in [2.45, 2.75) is 24.3 Å². The minimum Gasteiger partial charge on any atom is -0.452 e. The summed E-state index contributed by atoms with van der Waals surface area (Å²) in [6.45, 7) is 0.843. The van der Waals surface area contributed by atoms with Crippen LogP contribution in [0.3, 0.4) is 0 Å². The Kier molecular flexibility index (Phi) is 5.85. The molecule has 0 atom stereocenters. The quantitative estimate of drug-likeness (QED) is 0.532. The number of aromatic nitrogens is 2. The predicted molar refractivity (Wildman–Crippen MR) is 108 cm³/mol. The molecule has 1 aliphatic heterocycles.